The van der Waals surface area contributed by atoms with E-state index in [1.807, 2.05) is 16.8 Å². The average molecular weight is 343 g/mol. The van der Waals surface area contributed by atoms with E-state index in [1.165, 1.54) is 30.4 Å². The maximum absolute atomic E-state index is 12.9. The van der Waals surface area contributed by atoms with Gasteiger partial charge in [-0.15, -0.1) is 0 Å². The highest BCUT2D eigenvalue weighted by Gasteiger charge is 2.35. The molecule has 124 valence electrons. The first-order valence-electron chi connectivity index (χ1n) is 6.87. The molecule has 1 atom stereocenters. The maximum Gasteiger partial charge on any atom is 0.417 e. The lowest BCUT2D eigenvalue weighted by molar-refractivity contribution is -0.137. The number of carbonyl (C=O) groups is 1. The van der Waals surface area contributed by atoms with Crippen molar-refractivity contribution in [2.45, 2.75) is 25.1 Å². The Morgan fingerprint density at radius 3 is 2.57 bits per heavy atom. The molecule has 1 heterocycles. The number of carbonyl (C=O) groups excluding carboxylic acids is 1. The maximum atomic E-state index is 12.9. The van der Waals surface area contributed by atoms with Gasteiger partial charge in [-0.25, -0.2) is 0 Å². The molecule has 1 aromatic heterocycles. The third kappa shape index (κ3) is 4.80. The van der Waals surface area contributed by atoms with Crippen molar-refractivity contribution < 1.29 is 23.1 Å². The first-order valence-corrected chi connectivity index (χ1v) is 7.81. The predicted molar refractivity (Wildman–Crippen MR) is 82.4 cm³/mol. The van der Waals surface area contributed by atoms with Gasteiger partial charge in [0.2, 0.25) is 0 Å². The Hall–Kier alpha value is -1.86. The molecule has 0 aliphatic heterocycles. The second-order valence-electron chi connectivity index (χ2n) is 5.53. The quantitative estimate of drug-likeness (QED) is 0.873. The van der Waals surface area contributed by atoms with Crippen LogP contribution < -0.4 is 5.32 Å². The lowest BCUT2D eigenvalue weighted by Gasteiger charge is -2.23. The molecule has 2 N–H and O–H groups in total. The van der Waals surface area contributed by atoms with Crippen molar-refractivity contribution in [2.24, 2.45) is 0 Å². The van der Waals surface area contributed by atoms with Crippen molar-refractivity contribution in [3.8, 4) is 0 Å². The van der Waals surface area contributed by atoms with Crippen LogP contribution in [0.5, 0.6) is 0 Å². The Morgan fingerprint density at radius 1 is 1.26 bits per heavy atom. The van der Waals surface area contributed by atoms with Gasteiger partial charge >= 0.3 is 6.18 Å². The van der Waals surface area contributed by atoms with Gasteiger partial charge < -0.3 is 10.4 Å². The van der Waals surface area contributed by atoms with E-state index < -0.39 is 28.8 Å². The third-order valence-corrected chi connectivity index (χ3v) is 4.00. The van der Waals surface area contributed by atoms with Crippen LogP contribution in [0.25, 0.3) is 0 Å². The van der Waals surface area contributed by atoms with Crippen LogP contribution in [0, 0.1) is 0 Å². The zero-order valence-electron chi connectivity index (χ0n) is 12.4. The van der Waals surface area contributed by atoms with Crippen LogP contribution >= 0.6 is 11.3 Å². The molecule has 1 amide bonds. The van der Waals surface area contributed by atoms with Crippen LogP contribution in [0.3, 0.4) is 0 Å². The smallest absolute Gasteiger partial charge is 0.388 e. The number of alkyl halides is 3. The summed E-state index contributed by atoms with van der Waals surface area (Å²) in [4.78, 5) is 12.0. The van der Waals surface area contributed by atoms with Gasteiger partial charge in [-0.05, 0) is 41.4 Å². The summed E-state index contributed by atoms with van der Waals surface area (Å²) in [7, 11) is 0. The van der Waals surface area contributed by atoms with E-state index in [9.17, 15) is 23.1 Å². The summed E-state index contributed by atoms with van der Waals surface area (Å²) in [5.74, 6) is -0.858. The first-order chi connectivity index (χ1) is 10.7. The van der Waals surface area contributed by atoms with Crippen LogP contribution in [0.15, 0.2) is 41.1 Å². The molecule has 0 bridgehead atoms. The van der Waals surface area contributed by atoms with E-state index in [-0.39, 0.29) is 6.54 Å². The van der Waals surface area contributed by atoms with Crippen LogP contribution in [-0.4, -0.2) is 23.2 Å². The molecule has 2 aromatic rings. The molecule has 0 radical (unpaired) electrons. The van der Waals surface area contributed by atoms with Crippen LogP contribution in [0.1, 0.15) is 28.4 Å². The molecule has 7 heteroatoms. The SMILES string of the molecule is CC(O)(CNC(=O)c1ccccc1C(F)(F)F)Cc1ccsc1. The molecule has 2 rings (SSSR count). The van der Waals surface area contributed by atoms with Gasteiger partial charge in [0.15, 0.2) is 0 Å². The molecular formula is C16H16F3NO2S. The highest BCUT2D eigenvalue weighted by atomic mass is 32.1. The highest BCUT2D eigenvalue weighted by Crippen LogP contribution is 2.31. The molecule has 1 aromatic carbocycles. The van der Waals surface area contributed by atoms with Crippen molar-refractivity contribution in [3.63, 3.8) is 0 Å². The normalized spacial score (nSPS) is 14.3. The van der Waals surface area contributed by atoms with Gasteiger partial charge in [0.25, 0.3) is 5.91 Å². The Labute approximate surface area is 135 Å². The summed E-state index contributed by atoms with van der Waals surface area (Å²) in [6.07, 6.45) is -4.30. The second-order valence-corrected chi connectivity index (χ2v) is 6.31. The minimum absolute atomic E-state index is 0.145. The zero-order valence-corrected chi connectivity index (χ0v) is 13.2. The first kappa shape index (κ1) is 17.5. The van der Waals surface area contributed by atoms with Crippen molar-refractivity contribution in [1.82, 2.24) is 5.32 Å². The molecule has 23 heavy (non-hydrogen) atoms. The van der Waals surface area contributed by atoms with Crippen molar-refractivity contribution in [1.29, 1.82) is 0 Å². The number of thiophene rings is 1. The lowest BCUT2D eigenvalue weighted by Crippen LogP contribution is -2.42. The molecule has 0 saturated heterocycles. The van der Waals surface area contributed by atoms with Crippen LogP contribution in [0.2, 0.25) is 0 Å². The monoisotopic (exact) mass is 343 g/mol. The minimum atomic E-state index is -4.60. The zero-order chi connectivity index (χ0) is 17.1. The summed E-state index contributed by atoms with van der Waals surface area (Å²) in [6.45, 7) is 1.38. The fourth-order valence-corrected chi connectivity index (χ4v) is 2.86. The van der Waals surface area contributed by atoms with Gasteiger partial charge in [0.1, 0.15) is 0 Å². The molecular weight excluding hydrogens is 327 g/mol. The molecule has 0 saturated carbocycles. The summed E-state index contributed by atoms with van der Waals surface area (Å²) in [5.41, 5.74) is -1.78. The molecule has 3 nitrogen and oxygen atoms in total. The number of rotatable bonds is 5. The third-order valence-electron chi connectivity index (χ3n) is 3.27. The van der Waals surface area contributed by atoms with Crippen molar-refractivity contribution >= 4 is 17.2 Å². The second kappa shape index (κ2) is 6.72. The van der Waals surface area contributed by atoms with Crippen LogP contribution in [-0.2, 0) is 12.6 Å². The summed E-state index contributed by atoms with van der Waals surface area (Å²) < 4.78 is 38.7. The Morgan fingerprint density at radius 2 is 1.96 bits per heavy atom. The lowest BCUT2D eigenvalue weighted by atomic mass is 9.98. The highest BCUT2D eigenvalue weighted by molar-refractivity contribution is 7.07. The molecule has 0 aliphatic carbocycles. The number of hydrogen-bond acceptors (Lipinski definition) is 3. The van der Waals surface area contributed by atoms with Crippen molar-refractivity contribution in [3.05, 3.63) is 57.8 Å². The van der Waals surface area contributed by atoms with E-state index in [0.717, 1.165) is 17.7 Å². The number of hydrogen-bond donors (Lipinski definition) is 2. The van der Waals surface area contributed by atoms with Gasteiger partial charge in [-0.3, -0.25) is 4.79 Å². The minimum Gasteiger partial charge on any atom is -0.388 e. The van der Waals surface area contributed by atoms with Gasteiger partial charge in [0, 0.05) is 13.0 Å². The number of nitrogens with one attached hydrogen (secondary N) is 1. The molecule has 0 fully saturated rings. The van der Waals surface area contributed by atoms with E-state index in [1.54, 1.807) is 0 Å². The summed E-state index contributed by atoms with van der Waals surface area (Å²) in [5, 5.41) is 16.4. The topological polar surface area (TPSA) is 49.3 Å². The Kier molecular flexibility index (Phi) is 5.11. The Bertz CT molecular complexity index is 666. The van der Waals surface area contributed by atoms with Crippen LogP contribution in [0.4, 0.5) is 13.2 Å². The van der Waals surface area contributed by atoms with E-state index >= 15 is 0 Å². The fourth-order valence-electron chi connectivity index (χ4n) is 2.19. The fraction of sp³-hybridized carbons (Fsp3) is 0.312. The van der Waals surface area contributed by atoms with E-state index in [4.69, 9.17) is 0 Å². The predicted octanol–water partition coefficient (Wildman–Crippen LogP) is 3.49. The molecule has 0 aliphatic rings. The number of halogens is 3. The van der Waals surface area contributed by atoms with E-state index in [0.29, 0.717) is 6.42 Å². The largest absolute Gasteiger partial charge is 0.417 e. The van der Waals surface area contributed by atoms with Gasteiger partial charge in [-0.1, -0.05) is 12.1 Å². The number of benzene rings is 1. The number of aliphatic hydroxyl groups is 1. The molecule has 0 spiro atoms. The van der Waals surface area contributed by atoms with E-state index in [2.05, 4.69) is 5.32 Å². The number of amides is 1. The standard InChI is InChI=1S/C16H16F3NO2S/c1-15(22,8-11-6-7-23-9-11)10-20-14(21)12-4-2-3-5-13(12)16(17,18)19/h2-7,9,22H,8,10H2,1H3,(H,20,21). The average Bonchev–Trinajstić information content (AvgIpc) is 2.96. The van der Waals surface area contributed by atoms with Gasteiger partial charge in [-0.2, -0.15) is 24.5 Å². The summed E-state index contributed by atoms with van der Waals surface area (Å²) >= 11 is 1.48. The van der Waals surface area contributed by atoms with Crippen molar-refractivity contribution in [2.75, 3.05) is 6.54 Å². The summed E-state index contributed by atoms with van der Waals surface area (Å²) in [6, 6.07) is 6.42. The Balaban J connectivity index is 2.05. The molecule has 1 unspecified atom stereocenters. The van der Waals surface area contributed by atoms with Gasteiger partial charge in [0.05, 0.1) is 16.7 Å².